The van der Waals surface area contributed by atoms with E-state index in [0.717, 1.165) is 25.7 Å². The van der Waals surface area contributed by atoms with Crippen molar-refractivity contribution in [2.24, 2.45) is 5.73 Å². The van der Waals surface area contributed by atoms with Crippen LogP contribution in [0.5, 0.6) is 0 Å². The first-order valence-electron chi connectivity index (χ1n) is 8.24. The summed E-state index contributed by atoms with van der Waals surface area (Å²) >= 11 is 0. The van der Waals surface area contributed by atoms with Gasteiger partial charge in [-0.1, -0.05) is 12.8 Å². The molecule has 0 bridgehead atoms. The highest BCUT2D eigenvalue weighted by atomic mass is 35.5. The Morgan fingerprint density at radius 3 is 2.12 bits per heavy atom. The van der Waals surface area contributed by atoms with Crippen LogP contribution in [0.25, 0.3) is 0 Å². The topological polar surface area (TPSA) is 101 Å². The Bertz CT molecular complexity index is 691. The van der Waals surface area contributed by atoms with Crippen LogP contribution >= 0.6 is 12.4 Å². The Kier molecular flexibility index (Phi) is 7.03. The van der Waals surface area contributed by atoms with Gasteiger partial charge in [-0.05, 0) is 57.9 Å². The maximum absolute atomic E-state index is 12.4. The molecule has 0 atom stereocenters. The van der Waals surface area contributed by atoms with E-state index in [1.54, 1.807) is 20.8 Å². The van der Waals surface area contributed by atoms with Gasteiger partial charge in [-0.2, -0.15) is 0 Å². The molecule has 0 radical (unpaired) electrons. The molecule has 1 aromatic rings. The molecule has 0 saturated heterocycles. The molecule has 0 spiro atoms. The quantitative estimate of drug-likeness (QED) is 0.718. The van der Waals surface area contributed by atoms with Crippen molar-refractivity contribution in [3.05, 3.63) is 29.8 Å². The molecule has 1 fully saturated rings. The van der Waals surface area contributed by atoms with Crippen molar-refractivity contribution < 1.29 is 13.2 Å². The first-order valence-corrected chi connectivity index (χ1v) is 9.72. The molecule has 0 heterocycles. The minimum atomic E-state index is -3.60. The molecule has 1 aliphatic carbocycles. The number of carbonyl (C=O) groups is 1. The predicted octanol–water partition coefficient (Wildman–Crippen LogP) is 2.19. The molecule has 1 amide bonds. The van der Waals surface area contributed by atoms with E-state index in [-0.39, 0.29) is 28.7 Å². The summed E-state index contributed by atoms with van der Waals surface area (Å²) in [5.41, 5.74) is 5.38. The molecule has 0 unspecified atom stereocenters. The van der Waals surface area contributed by atoms with Gasteiger partial charge in [0.2, 0.25) is 10.0 Å². The number of nitrogens with one attached hydrogen (secondary N) is 2. The number of sulfonamides is 1. The highest BCUT2D eigenvalue weighted by Crippen LogP contribution is 2.29. The molecule has 8 heteroatoms. The number of hydrogen-bond acceptors (Lipinski definition) is 4. The number of nitrogens with two attached hydrogens (primary N) is 1. The Labute approximate surface area is 156 Å². The van der Waals surface area contributed by atoms with Gasteiger partial charge in [0.1, 0.15) is 0 Å². The van der Waals surface area contributed by atoms with Crippen LogP contribution in [0.2, 0.25) is 0 Å². The highest BCUT2D eigenvalue weighted by molar-refractivity contribution is 7.89. The van der Waals surface area contributed by atoms with Crippen molar-refractivity contribution in [3.8, 4) is 0 Å². The van der Waals surface area contributed by atoms with E-state index in [1.807, 2.05) is 0 Å². The van der Waals surface area contributed by atoms with E-state index in [2.05, 4.69) is 10.0 Å². The maximum atomic E-state index is 12.4. The van der Waals surface area contributed by atoms with E-state index < -0.39 is 15.6 Å². The predicted molar refractivity (Wildman–Crippen MR) is 101 cm³/mol. The van der Waals surface area contributed by atoms with Crippen LogP contribution in [0.3, 0.4) is 0 Å². The summed E-state index contributed by atoms with van der Waals surface area (Å²) in [6.45, 7) is 5.75. The summed E-state index contributed by atoms with van der Waals surface area (Å²) < 4.78 is 27.1. The fourth-order valence-electron chi connectivity index (χ4n) is 2.99. The van der Waals surface area contributed by atoms with Gasteiger partial charge >= 0.3 is 0 Å². The third-order valence-corrected chi connectivity index (χ3v) is 5.97. The van der Waals surface area contributed by atoms with Crippen LogP contribution in [-0.2, 0) is 10.0 Å². The molecule has 1 aliphatic rings. The minimum absolute atomic E-state index is 0. The fraction of sp³-hybridized carbons (Fsp3) is 0.588. The lowest BCUT2D eigenvalue weighted by Gasteiger charge is -2.28. The van der Waals surface area contributed by atoms with Gasteiger partial charge in [0, 0.05) is 17.6 Å². The van der Waals surface area contributed by atoms with Crippen molar-refractivity contribution in [1.29, 1.82) is 0 Å². The van der Waals surface area contributed by atoms with E-state index in [4.69, 9.17) is 5.73 Å². The molecular weight excluding hydrogens is 362 g/mol. The number of rotatable bonds is 5. The van der Waals surface area contributed by atoms with Gasteiger partial charge in [0.15, 0.2) is 0 Å². The summed E-state index contributed by atoms with van der Waals surface area (Å²) in [7, 11) is -3.60. The number of halogens is 1. The van der Waals surface area contributed by atoms with Crippen molar-refractivity contribution in [2.75, 3.05) is 6.54 Å². The van der Waals surface area contributed by atoms with Gasteiger partial charge in [0.05, 0.1) is 10.4 Å². The third kappa shape index (κ3) is 5.67. The smallest absolute Gasteiger partial charge is 0.251 e. The van der Waals surface area contributed by atoms with Crippen molar-refractivity contribution in [3.63, 3.8) is 0 Å². The van der Waals surface area contributed by atoms with E-state index in [9.17, 15) is 13.2 Å². The summed E-state index contributed by atoms with van der Waals surface area (Å²) in [5.74, 6) is -0.213. The first-order chi connectivity index (χ1) is 11.1. The molecule has 142 valence electrons. The number of amides is 1. The van der Waals surface area contributed by atoms with Crippen LogP contribution < -0.4 is 15.8 Å². The van der Waals surface area contributed by atoms with Crippen LogP contribution in [0.4, 0.5) is 0 Å². The summed E-state index contributed by atoms with van der Waals surface area (Å²) in [5, 5.41) is 3.03. The molecule has 2 rings (SSSR count). The summed E-state index contributed by atoms with van der Waals surface area (Å²) in [6, 6.07) is 5.97. The highest BCUT2D eigenvalue weighted by Gasteiger charge is 2.34. The molecule has 1 saturated carbocycles. The molecule has 6 nitrogen and oxygen atoms in total. The Hall–Kier alpha value is -1.15. The lowest BCUT2D eigenvalue weighted by Crippen LogP contribution is -2.51. The van der Waals surface area contributed by atoms with Crippen LogP contribution in [-0.4, -0.2) is 31.9 Å². The summed E-state index contributed by atoms with van der Waals surface area (Å²) in [6.07, 6.45) is 3.90. The first kappa shape index (κ1) is 21.9. The average Bonchev–Trinajstić information content (AvgIpc) is 2.94. The van der Waals surface area contributed by atoms with Crippen molar-refractivity contribution in [2.45, 2.75) is 62.4 Å². The SMILES string of the molecule is CC(C)(C)NS(=O)(=O)c1ccc(C(=O)NC2(CN)CCCC2)cc1.Cl. The van der Waals surface area contributed by atoms with Crippen LogP contribution in [0, 0.1) is 0 Å². The van der Waals surface area contributed by atoms with Crippen molar-refractivity contribution >= 4 is 28.3 Å². The Balaban J connectivity index is 0.00000312. The molecule has 0 aliphatic heterocycles. The van der Waals surface area contributed by atoms with E-state index in [0.29, 0.717) is 12.1 Å². The molecule has 0 aromatic heterocycles. The maximum Gasteiger partial charge on any atom is 0.251 e. The van der Waals surface area contributed by atoms with E-state index >= 15 is 0 Å². The van der Waals surface area contributed by atoms with Crippen LogP contribution in [0.15, 0.2) is 29.2 Å². The molecule has 4 N–H and O–H groups in total. The zero-order chi connectivity index (χ0) is 18.0. The third-order valence-electron chi connectivity index (χ3n) is 4.20. The monoisotopic (exact) mass is 389 g/mol. The van der Waals surface area contributed by atoms with E-state index in [1.165, 1.54) is 24.3 Å². The zero-order valence-corrected chi connectivity index (χ0v) is 16.6. The minimum Gasteiger partial charge on any atom is -0.345 e. The largest absolute Gasteiger partial charge is 0.345 e. The lowest BCUT2D eigenvalue weighted by atomic mass is 9.97. The normalized spacial score (nSPS) is 17.0. The lowest BCUT2D eigenvalue weighted by molar-refractivity contribution is 0.0903. The molecule has 25 heavy (non-hydrogen) atoms. The second-order valence-corrected chi connectivity index (χ2v) is 9.21. The van der Waals surface area contributed by atoms with Gasteiger partial charge < -0.3 is 11.1 Å². The average molecular weight is 390 g/mol. The second-order valence-electron chi connectivity index (χ2n) is 7.53. The molecular formula is C17H28ClN3O3S. The van der Waals surface area contributed by atoms with Crippen molar-refractivity contribution in [1.82, 2.24) is 10.0 Å². The number of hydrogen-bond donors (Lipinski definition) is 3. The zero-order valence-electron chi connectivity index (χ0n) is 15.0. The van der Waals surface area contributed by atoms with Gasteiger partial charge in [-0.25, -0.2) is 13.1 Å². The number of benzene rings is 1. The fourth-order valence-corrected chi connectivity index (χ4v) is 4.41. The molecule has 1 aromatic carbocycles. The number of carbonyl (C=O) groups excluding carboxylic acids is 1. The van der Waals surface area contributed by atoms with Crippen LogP contribution in [0.1, 0.15) is 56.8 Å². The van der Waals surface area contributed by atoms with Gasteiger partial charge in [-0.3, -0.25) is 4.79 Å². The Morgan fingerprint density at radius 2 is 1.68 bits per heavy atom. The van der Waals surface area contributed by atoms with Gasteiger partial charge in [-0.15, -0.1) is 12.4 Å². The Morgan fingerprint density at radius 1 is 1.16 bits per heavy atom. The summed E-state index contributed by atoms with van der Waals surface area (Å²) in [4.78, 5) is 12.6. The second kappa shape index (κ2) is 8.03. The standard InChI is InChI=1S/C17H27N3O3S.ClH/c1-16(2,3)20-24(22,23)14-8-6-13(7-9-14)15(21)19-17(12-18)10-4-5-11-17;/h6-9,20H,4-5,10-12,18H2,1-3H3,(H,19,21);1H. The van der Waals surface area contributed by atoms with Gasteiger partial charge in [0.25, 0.3) is 5.91 Å².